The van der Waals surface area contributed by atoms with Crippen LogP contribution in [0, 0.1) is 10.8 Å². The Kier molecular flexibility index (Phi) is 5.21. The Morgan fingerprint density at radius 1 is 1.15 bits per heavy atom. The first-order valence-electron chi connectivity index (χ1n) is 7.21. The summed E-state index contributed by atoms with van der Waals surface area (Å²) < 4.78 is 5.93. The van der Waals surface area contributed by atoms with E-state index in [1.165, 1.54) is 5.56 Å². The Morgan fingerprint density at radius 3 is 2.30 bits per heavy atom. The smallest absolute Gasteiger partial charge is 0.123 e. The van der Waals surface area contributed by atoms with E-state index >= 15 is 0 Å². The van der Waals surface area contributed by atoms with E-state index in [0.29, 0.717) is 6.61 Å². The van der Waals surface area contributed by atoms with Gasteiger partial charge in [0.25, 0.3) is 0 Å². The first-order chi connectivity index (χ1) is 9.14. The molecule has 1 rings (SSSR count). The summed E-state index contributed by atoms with van der Waals surface area (Å²) in [5.74, 6) is 1.20. The van der Waals surface area contributed by atoms with Crippen molar-refractivity contribution < 1.29 is 4.74 Å². The van der Waals surface area contributed by atoms with E-state index in [9.17, 15) is 0 Å². The van der Waals surface area contributed by atoms with Gasteiger partial charge in [0.05, 0.1) is 12.4 Å². The average Bonchev–Trinajstić information content (AvgIpc) is 2.34. The van der Waals surface area contributed by atoms with Crippen LogP contribution in [0.1, 0.15) is 53.0 Å². The number of nitrogens with one attached hydrogen (secondary N) is 1. The summed E-state index contributed by atoms with van der Waals surface area (Å²) >= 11 is 0. The molecule has 0 aliphatic rings. The zero-order chi connectivity index (χ0) is 15.4. The zero-order valence-corrected chi connectivity index (χ0v) is 13.4. The SMILES string of the molecule is CC(C)(CCCOc1ccccc1C(C)(C)C)C(=N)N. The fourth-order valence-electron chi connectivity index (χ4n) is 2.04. The summed E-state index contributed by atoms with van der Waals surface area (Å²) in [5, 5.41) is 7.55. The van der Waals surface area contributed by atoms with E-state index in [4.69, 9.17) is 15.9 Å². The van der Waals surface area contributed by atoms with E-state index < -0.39 is 0 Å². The summed E-state index contributed by atoms with van der Waals surface area (Å²) in [6, 6.07) is 8.20. The highest BCUT2D eigenvalue weighted by atomic mass is 16.5. The zero-order valence-electron chi connectivity index (χ0n) is 13.4. The number of benzene rings is 1. The number of para-hydroxylation sites is 1. The van der Waals surface area contributed by atoms with Crippen LogP contribution in [0.3, 0.4) is 0 Å². The van der Waals surface area contributed by atoms with Crippen LogP contribution in [0.15, 0.2) is 24.3 Å². The summed E-state index contributed by atoms with van der Waals surface area (Å²) in [7, 11) is 0. The molecule has 0 heterocycles. The Bertz CT molecular complexity index is 458. The predicted octanol–water partition coefficient (Wildman–Crippen LogP) is 4.11. The maximum atomic E-state index is 7.55. The molecule has 0 aliphatic carbocycles. The quantitative estimate of drug-likeness (QED) is 0.467. The number of nitrogens with two attached hydrogens (primary N) is 1. The molecule has 0 unspecified atom stereocenters. The Hall–Kier alpha value is -1.51. The van der Waals surface area contributed by atoms with Crippen molar-refractivity contribution in [1.82, 2.24) is 0 Å². The van der Waals surface area contributed by atoms with E-state index in [-0.39, 0.29) is 16.7 Å². The lowest BCUT2D eigenvalue weighted by molar-refractivity contribution is 0.280. The minimum atomic E-state index is -0.243. The lowest BCUT2D eigenvalue weighted by Gasteiger charge is -2.24. The lowest BCUT2D eigenvalue weighted by Crippen LogP contribution is -2.31. The molecule has 20 heavy (non-hydrogen) atoms. The normalized spacial score (nSPS) is 12.2. The summed E-state index contributed by atoms with van der Waals surface area (Å²) in [5.41, 5.74) is 6.65. The van der Waals surface area contributed by atoms with Gasteiger partial charge in [-0.25, -0.2) is 0 Å². The number of hydrogen-bond acceptors (Lipinski definition) is 2. The molecule has 0 bridgehead atoms. The summed E-state index contributed by atoms with van der Waals surface area (Å²) in [4.78, 5) is 0. The summed E-state index contributed by atoms with van der Waals surface area (Å²) in [6.45, 7) is 11.2. The van der Waals surface area contributed by atoms with Gasteiger partial charge in [0.15, 0.2) is 0 Å². The van der Waals surface area contributed by atoms with E-state index in [1.54, 1.807) is 0 Å². The molecule has 0 fully saturated rings. The molecular formula is C17H28N2O. The molecule has 0 atom stereocenters. The molecule has 0 saturated carbocycles. The van der Waals surface area contributed by atoms with Crippen LogP contribution >= 0.6 is 0 Å². The number of rotatable bonds is 6. The van der Waals surface area contributed by atoms with E-state index in [2.05, 4.69) is 26.8 Å². The maximum absolute atomic E-state index is 7.55. The first kappa shape index (κ1) is 16.5. The van der Waals surface area contributed by atoms with Crippen molar-refractivity contribution in [3.8, 4) is 5.75 Å². The van der Waals surface area contributed by atoms with Gasteiger partial charge in [0.2, 0.25) is 0 Å². The molecule has 0 aromatic heterocycles. The third kappa shape index (κ3) is 4.55. The van der Waals surface area contributed by atoms with Gasteiger partial charge in [-0.1, -0.05) is 52.8 Å². The number of ether oxygens (including phenoxy) is 1. The second kappa shape index (κ2) is 6.29. The fraction of sp³-hybridized carbons (Fsp3) is 0.588. The monoisotopic (exact) mass is 276 g/mol. The van der Waals surface area contributed by atoms with Crippen LogP contribution in [0.2, 0.25) is 0 Å². The Morgan fingerprint density at radius 2 is 1.75 bits per heavy atom. The molecule has 0 amide bonds. The summed E-state index contributed by atoms with van der Waals surface area (Å²) in [6.07, 6.45) is 1.76. The van der Waals surface area contributed by atoms with E-state index in [1.807, 2.05) is 32.0 Å². The Labute approximate surface area is 123 Å². The maximum Gasteiger partial charge on any atom is 0.123 e. The minimum absolute atomic E-state index is 0.0786. The van der Waals surface area contributed by atoms with Gasteiger partial charge in [-0.2, -0.15) is 0 Å². The third-order valence-corrected chi connectivity index (χ3v) is 3.63. The van der Waals surface area contributed by atoms with Gasteiger partial charge < -0.3 is 10.5 Å². The molecule has 1 aromatic carbocycles. The number of amidine groups is 1. The van der Waals surface area contributed by atoms with Gasteiger partial charge in [-0.05, 0) is 29.9 Å². The second-order valence-electron chi connectivity index (χ2n) is 7.00. The van der Waals surface area contributed by atoms with Crippen LogP contribution < -0.4 is 10.5 Å². The molecule has 112 valence electrons. The van der Waals surface area contributed by atoms with Crippen LogP contribution in [0.25, 0.3) is 0 Å². The molecule has 3 N–H and O–H groups in total. The highest BCUT2D eigenvalue weighted by Gasteiger charge is 2.21. The number of hydrogen-bond donors (Lipinski definition) is 2. The fourth-order valence-corrected chi connectivity index (χ4v) is 2.04. The second-order valence-corrected chi connectivity index (χ2v) is 7.00. The minimum Gasteiger partial charge on any atom is -0.493 e. The van der Waals surface area contributed by atoms with Crippen LogP contribution in [-0.4, -0.2) is 12.4 Å². The van der Waals surface area contributed by atoms with Crippen LogP contribution in [-0.2, 0) is 5.41 Å². The van der Waals surface area contributed by atoms with Crippen molar-refractivity contribution in [1.29, 1.82) is 5.41 Å². The predicted molar refractivity (Wildman–Crippen MR) is 85.6 cm³/mol. The molecule has 3 nitrogen and oxygen atoms in total. The van der Waals surface area contributed by atoms with Gasteiger partial charge in [-0.15, -0.1) is 0 Å². The molecule has 0 spiro atoms. The molecule has 3 heteroatoms. The standard InChI is InChI=1S/C17H28N2O/c1-16(2,3)13-9-6-7-10-14(13)20-12-8-11-17(4,5)15(18)19/h6-7,9-10H,8,11-12H2,1-5H3,(H3,18,19). The highest BCUT2D eigenvalue weighted by molar-refractivity contribution is 5.82. The van der Waals surface area contributed by atoms with Crippen LogP contribution in [0.5, 0.6) is 5.75 Å². The van der Waals surface area contributed by atoms with Crippen molar-refractivity contribution in [2.45, 2.75) is 52.9 Å². The molecule has 0 radical (unpaired) electrons. The lowest BCUT2D eigenvalue weighted by atomic mass is 9.86. The van der Waals surface area contributed by atoms with Gasteiger partial charge in [-0.3, -0.25) is 5.41 Å². The van der Waals surface area contributed by atoms with E-state index in [0.717, 1.165) is 18.6 Å². The van der Waals surface area contributed by atoms with Crippen molar-refractivity contribution in [3.05, 3.63) is 29.8 Å². The molecule has 1 aromatic rings. The van der Waals surface area contributed by atoms with Gasteiger partial charge in [0.1, 0.15) is 5.75 Å². The molecular weight excluding hydrogens is 248 g/mol. The largest absolute Gasteiger partial charge is 0.493 e. The molecule has 0 saturated heterocycles. The highest BCUT2D eigenvalue weighted by Crippen LogP contribution is 2.31. The van der Waals surface area contributed by atoms with Crippen molar-refractivity contribution in [2.75, 3.05) is 6.61 Å². The van der Waals surface area contributed by atoms with Crippen molar-refractivity contribution >= 4 is 5.84 Å². The molecule has 0 aliphatic heterocycles. The Balaban J connectivity index is 2.58. The van der Waals surface area contributed by atoms with Gasteiger partial charge in [0, 0.05) is 5.41 Å². The topological polar surface area (TPSA) is 59.1 Å². The van der Waals surface area contributed by atoms with Crippen molar-refractivity contribution in [3.63, 3.8) is 0 Å². The van der Waals surface area contributed by atoms with Crippen LogP contribution in [0.4, 0.5) is 0 Å². The first-order valence-corrected chi connectivity index (χ1v) is 7.21. The van der Waals surface area contributed by atoms with Gasteiger partial charge >= 0.3 is 0 Å². The van der Waals surface area contributed by atoms with Crippen molar-refractivity contribution in [2.24, 2.45) is 11.1 Å². The third-order valence-electron chi connectivity index (χ3n) is 3.63. The average molecular weight is 276 g/mol.